The van der Waals surface area contributed by atoms with Crippen molar-refractivity contribution in [1.82, 2.24) is 4.98 Å². The predicted octanol–water partition coefficient (Wildman–Crippen LogP) is 3.14. The van der Waals surface area contributed by atoms with Gasteiger partial charge in [0.1, 0.15) is 11.4 Å². The highest BCUT2D eigenvalue weighted by molar-refractivity contribution is 14.1. The molecule has 0 saturated heterocycles. The zero-order chi connectivity index (χ0) is 10.9. The fourth-order valence-electron chi connectivity index (χ4n) is 0.772. The van der Waals surface area contributed by atoms with Gasteiger partial charge in [0.15, 0.2) is 5.82 Å². The van der Waals surface area contributed by atoms with E-state index in [0.29, 0.717) is 0 Å². The van der Waals surface area contributed by atoms with Crippen molar-refractivity contribution in [3.8, 4) is 0 Å². The van der Waals surface area contributed by atoms with E-state index in [4.69, 9.17) is 11.6 Å². The summed E-state index contributed by atoms with van der Waals surface area (Å²) >= 11 is 6.65. The van der Waals surface area contributed by atoms with Gasteiger partial charge < -0.3 is 0 Å². The minimum atomic E-state index is -3.07. The van der Waals surface area contributed by atoms with Crippen molar-refractivity contribution in [3.63, 3.8) is 0 Å². The van der Waals surface area contributed by atoms with Crippen molar-refractivity contribution in [2.24, 2.45) is 0 Å². The van der Waals surface area contributed by atoms with Crippen LogP contribution in [0.5, 0.6) is 0 Å². The summed E-state index contributed by atoms with van der Waals surface area (Å²) in [5.41, 5.74) is -1.42. The predicted molar refractivity (Wildman–Crippen MR) is 52.1 cm³/mol. The highest BCUT2D eigenvalue weighted by Gasteiger charge is 2.20. The number of pyridine rings is 1. The number of carbonyl (C=O) groups is 1. The third-order valence-electron chi connectivity index (χ3n) is 1.35. The molecule has 0 aliphatic rings. The third-order valence-corrected chi connectivity index (χ3v) is 2.35. The van der Waals surface area contributed by atoms with Crippen LogP contribution in [0.4, 0.5) is 13.2 Å². The summed E-state index contributed by atoms with van der Waals surface area (Å²) in [5, 5.41) is -0.990. The van der Waals surface area contributed by atoms with Crippen molar-refractivity contribution in [2.45, 2.75) is 6.43 Å². The molecule has 1 aromatic heterocycles. The average molecular weight is 335 g/mol. The average Bonchev–Trinajstić information content (AvgIpc) is 2.02. The van der Waals surface area contributed by atoms with Crippen molar-refractivity contribution < 1.29 is 18.0 Å². The number of nitrogens with zero attached hydrogens (tertiary/aromatic N) is 1. The van der Waals surface area contributed by atoms with Gasteiger partial charge in [0.25, 0.3) is 11.7 Å². The molecule has 2 nitrogen and oxygen atoms in total. The standard InChI is InChI=1S/C7H2ClF3INO/c8-6(14)5-3(12)1-2(9)4(13-5)7(10)11/h1,7H. The summed E-state index contributed by atoms with van der Waals surface area (Å²) in [5.74, 6) is -1.15. The monoisotopic (exact) mass is 335 g/mol. The van der Waals surface area contributed by atoms with Gasteiger partial charge in [-0.15, -0.1) is 0 Å². The van der Waals surface area contributed by atoms with Crippen LogP contribution in [-0.2, 0) is 0 Å². The Balaban J connectivity index is 3.34. The van der Waals surface area contributed by atoms with E-state index >= 15 is 0 Å². The Morgan fingerprint density at radius 1 is 1.57 bits per heavy atom. The van der Waals surface area contributed by atoms with Gasteiger partial charge in [-0.25, -0.2) is 18.2 Å². The number of alkyl halides is 2. The molecule has 0 aromatic carbocycles. The van der Waals surface area contributed by atoms with Gasteiger partial charge in [-0.2, -0.15) is 0 Å². The molecule has 1 rings (SSSR count). The first-order valence-corrected chi connectivity index (χ1v) is 4.73. The topological polar surface area (TPSA) is 30.0 Å². The highest BCUT2D eigenvalue weighted by atomic mass is 127. The van der Waals surface area contributed by atoms with Crippen LogP contribution in [0.15, 0.2) is 6.07 Å². The molecule has 1 heterocycles. The summed E-state index contributed by atoms with van der Waals surface area (Å²) in [4.78, 5) is 13.8. The molecular formula is C7H2ClF3INO. The van der Waals surface area contributed by atoms with Crippen LogP contribution in [0, 0.1) is 9.39 Å². The lowest BCUT2D eigenvalue weighted by Gasteiger charge is -2.04. The van der Waals surface area contributed by atoms with E-state index in [1.807, 2.05) is 0 Å². The molecule has 0 atom stereocenters. The van der Waals surface area contributed by atoms with Crippen molar-refractivity contribution in [3.05, 3.63) is 26.8 Å². The third kappa shape index (κ3) is 2.35. The van der Waals surface area contributed by atoms with Crippen LogP contribution in [0.25, 0.3) is 0 Å². The van der Waals surface area contributed by atoms with E-state index in [-0.39, 0.29) is 9.26 Å². The van der Waals surface area contributed by atoms with E-state index in [0.717, 1.165) is 6.07 Å². The minimum absolute atomic E-state index is 0.101. The number of carbonyl (C=O) groups excluding carboxylic acids is 1. The molecule has 0 aliphatic heterocycles. The Morgan fingerprint density at radius 3 is 2.57 bits per heavy atom. The van der Waals surface area contributed by atoms with E-state index < -0.39 is 23.2 Å². The maximum atomic E-state index is 12.8. The maximum absolute atomic E-state index is 12.8. The van der Waals surface area contributed by atoms with Crippen LogP contribution in [0.3, 0.4) is 0 Å². The molecule has 0 saturated carbocycles. The van der Waals surface area contributed by atoms with Gasteiger partial charge in [0.05, 0.1) is 0 Å². The fourth-order valence-corrected chi connectivity index (χ4v) is 1.71. The second-order valence-electron chi connectivity index (χ2n) is 2.26. The zero-order valence-electron chi connectivity index (χ0n) is 6.40. The minimum Gasteiger partial charge on any atom is -0.274 e. The highest BCUT2D eigenvalue weighted by Crippen LogP contribution is 2.23. The molecule has 1 aromatic rings. The van der Waals surface area contributed by atoms with Crippen molar-refractivity contribution >= 4 is 39.4 Å². The molecule has 14 heavy (non-hydrogen) atoms. The summed E-state index contributed by atoms with van der Waals surface area (Å²) in [6.07, 6.45) is -3.07. The number of rotatable bonds is 2. The van der Waals surface area contributed by atoms with Crippen LogP contribution >= 0.6 is 34.2 Å². The first kappa shape index (κ1) is 11.7. The van der Waals surface area contributed by atoms with Crippen molar-refractivity contribution in [1.29, 1.82) is 0 Å². The number of halogens is 5. The normalized spacial score (nSPS) is 10.7. The molecule has 0 radical (unpaired) electrons. The second-order valence-corrected chi connectivity index (χ2v) is 3.77. The molecule has 7 heteroatoms. The fraction of sp³-hybridized carbons (Fsp3) is 0.143. The summed E-state index contributed by atoms with van der Waals surface area (Å²) in [7, 11) is 0. The molecule has 0 fully saturated rings. The number of aromatic nitrogens is 1. The van der Waals surface area contributed by atoms with Crippen molar-refractivity contribution in [2.75, 3.05) is 0 Å². The van der Waals surface area contributed by atoms with Gasteiger partial charge in [-0.05, 0) is 40.3 Å². The first-order valence-electron chi connectivity index (χ1n) is 3.27. The molecule has 0 spiro atoms. The zero-order valence-corrected chi connectivity index (χ0v) is 9.31. The SMILES string of the molecule is O=C(Cl)c1nc(C(F)F)c(F)cc1I. The molecule has 0 amide bonds. The lowest BCUT2D eigenvalue weighted by atomic mass is 10.3. The van der Waals surface area contributed by atoms with Crippen LogP contribution in [0.2, 0.25) is 0 Å². The first-order chi connectivity index (χ1) is 6.43. The Morgan fingerprint density at radius 2 is 2.14 bits per heavy atom. The van der Waals surface area contributed by atoms with Crippen LogP contribution in [-0.4, -0.2) is 10.2 Å². The van der Waals surface area contributed by atoms with Gasteiger partial charge in [-0.1, -0.05) is 0 Å². The van der Waals surface area contributed by atoms with E-state index in [1.165, 1.54) is 0 Å². The summed E-state index contributed by atoms with van der Waals surface area (Å²) in [6, 6.07) is 0.796. The maximum Gasteiger partial charge on any atom is 0.283 e. The van der Waals surface area contributed by atoms with E-state index in [1.54, 1.807) is 22.6 Å². The van der Waals surface area contributed by atoms with Gasteiger partial charge in [-0.3, -0.25) is 4.79 Å². The molecule has 76 valence electrons. The van der Waals surface area contributed by atoms with E-state index in [9.17, 15) is 18.0 Å². The lowest BCUT2D eigenvalue weighted by molar-refractivity contribution is 0.107. The number of hydrogen-bond acceptors (Lipinski definition) is 2. The Bertz CT molecular complexity index is 385. The molecule has 0 N–H and O–H groups in total. The molecule has 0 unspecified atom stereocenters. The van der Waals surface area contributed by atoms with Gasteiger partial charge in [0, 0.05) is 3.57 Å². The molecule has 0 bridgehead atoms. The largest absolute Gasteiger partial charge is 0.283 e. The summed E-state index contributed by atoms with van der Waals surface area (Å²) in [6.45, 7) is 0. The van der Waals surface area contributed by atoms with E-state index in [2.05, 4.69) is 4.98 Å². The quantitative estimate of drug-likeness (QED) is 0.614. The lowest BCUT2D eigenvalue weighted by Crippen LogP contribution is -2.05. The number of hydrogen-bond donors (Lipinski definition) is 0. The molecule has 0 aliphatic carbocycles. The Kier molecular flexibility index (Phi) is 3.71. The summed E-state index contributed by atoms with van der Waals surface area (Å²) < 4.78 is 37.2. The Labute approximate surface area is 95.6 Å². The second kappa shape index (κ2) is 4.43. The molecular weight excluding hydrogens is 333 g/mol. The van der Waals surface area contributed by atoms with Gasteiger partial charge in [0.2, 0.25) is 0 Å². The Hall–Kier alpha value is -0.370. The smallest absolute Gasteiger partial charge is 0.274 e. The van der Waals surface area contributed by atoms with Gasteiger partial charge >= 0.3 is 0 Å². The van der Waals surface area contributed by atoms with Crippen LogP contribution in [0.1, 0.15) is 22.6 Å². The van der Waals surface area contributed by atoms with Crippen LogP contribution < -0.4 is 0 Å².